The highest BCUT2D eigenvalue weighted by atomic mass is 16.8. The Hall–Kier alpha value is -3.64. The number of ether oxygens (including phenoxy) is 4. The molecule has 0 aliphatic carbocycles. The van der Waals surface area contributed by atoms with E-state index in [1.807, 2.05) is 0 Å². The molecular formula is C22H25N5O8. The molecule has 3 heterocycles. The Morgan fingerprint density at radius 1 is 1.11 bits per heavy atom. The first-order valence-electron chi connectivity index (χ1n) is 11.2. The van der Waals surface area contributed by atoms with Crippen LogP contribution in [0.2, 0.25) is 0 Å². The van der Waals surface area contributed by atoms with Crippen molar-refractivity contribution >= 4 is 5.97 Å². The van der Waals surface area contributed by atoms with Crippen LogP contribution < -0.4 is 16.0 Å². The monoisotopic (exact) mass is 487 g/mol. The number of carboxylic acids is 1. The van der Waals surface area contributed by atoms with Gasteiger partial charge in [0.15, 0.2) is 12.5 Å². The fraction of sp³-hybridized carbons (Fsp3) is 0.500. The molecule has 0 amide bonds. The Morgan fingerprint density at radius 2 is 1.89 bits per heavy atom. The molecular weight excluding hydrogens is 462 g/mol. The molecule has 0 saturated carbocycles. The smallest absolute Gasteiger partial charge is 0.330 e. The zero-order valence-corrected chi connectivity index (χ0v) is 18.7. The van der Waals surface area contributed by atoms with Gasteiger partial charge in [0.05, 0.1) is 19.3 Å². The van der Waals surface area contributed by atoms with E-state index in [-0.39, 0.29) is 13.0 Å². The third-order valence-corrected chi connectivity index (χ3v) is 5.75. The van der Waals surface area contributed by atoms with Crippen molar-refractivity contribution in [1.82, 2.24) is 9.55 Å². The lowest BCUT2D eigenvalue weighted by atomic mass is 10.1. The fourth-order valence-corrected chi connectivity index (χ4v) is 4.07. The zero-order valence-electron chi connectivity index (χ0n) is 18.7. The Balaban J connectivity index is 1.40. The fourth-order valence-electron chi connectivity index (χ4n) is 4.07. The number of hydrogen-bond donors (Lipinski definition) is 2. The van der Waals surface area contributed by atoms with Crippen molar-refractivity contribution in [2.24, 2.45) is 5.11 Å². The van der Waals surface area contributed by atoms with Crippen molar-refractivity contribution in [1.29, 1.82) is 0 Å². The number of rotatable bonds is 11. The Kier molecular flexibility index (Phi) is 7.83. The Morgan fingerprint density at radius 3 is 2.60 bits per heavy atom. The molecule has 2 aliphatic rings. The summed E-state index contributed by atoms with van der Waals surface area (Å²) in [4.78, 5) is 39.2. The van der Waals surface area contributed by atoms with E-state index < -0.39 is 48.0 Å². The van der Waals surface area contributed by atoms with E-state index in [9.17, 15) is 14.4 Å². The number of unbranched alkanes of at least 4 members (excludes halogenated alkanes) is 2. The lowest BCUT2D eigenvalue weighted by Gasteiger charge is -2.21. The number of azide groups is 1. The minimum atomic E-state index is -0.878. The summed E-state index contributed by atoms with van der Waals surface area (Å²) in [5.41, 5.74) is 8.25. The molecule has 5 unspecified atom stereocenters. The summed E-state index contributed by atoms with van der Waals surface area (Å²) in [6.07, 6.45) is 0.0842. The number of nitrogens with zero attached hydrogens (tertiary/aromatic N) is 4. The van der Waals surface area contributed by atoms with Crippen LogP contribution in [-0.4, -0.2) is 52.1 Å². The first-order valence-corrected chi connectivity index (χ1v) is 11.2. The number of hydrogen-bond acceptors (Lipinski definition) is 8. The average molecular weight is 487 g/mol. The van der Waals surface area contributed by atoms with Gasteiger partial charge in [-0.3, -0.25) is 19.1 Å². The molecule has 0 radical (unpaired) electrons. The van der Waals surface area contributed by atoms with Crippen LogP contribution in [0.25, 0.3) is 10.4 Å². The maximum absolute atomic E-state index is 12.3. The summed E-state index contributed by atoms with van der Waals surface area (Å²) in [6.45, 7) is 0.467. The van der Waals surface area contributed by atoms with Gasteiger partial charge in [-0.1, -0.05) is 17.2 Å². The van der Waals surface area contributed by atoms with Crippen molar-refractivity contribution < 1.29 is 28.8 Å². The van der Waals surface area contributed by atoms with Gasteiger partial charge in [-0.25, -0.2) is 4.79 Å². The highest BCUT2D eigenvalue weighted by Gasteiger charge is 2.53. The summed E-state index contributed by atoms with van der Waals surface area (Å²) in [5, 5.41) is 12.2. The van der Waals surface area contributed by atoms with E-state index in [2.05, 4.69) is 15.0 Å². The van der Waals surface area contributed by atoms with Gasteiger partial charge < -0.3 is 24.1 Å². The van der Waals surface area contributed by atoms with E-state index >= 15 is 0 Å². The summed E-state index contributed by atoms with van der Waals surface area (Å²) >= 11 is 0. The van der Waals surface area contributed by atoms with Crippen LogP contribution in [-0.2, 0) is 19.0 Å². The molecule has 13 nitrogen and oxygen atoms in total. The molecule has 186 valence electrons. The van der Waals surface area contributed by atoms with Crippen LogP contribution >= 0.6 is 0 Å². The second-order valence-corrected chi connectivity index (χ2v) is 8.15. The van der Waals surface area contributed by atoms with E-state index in [4.69, 9.17) is 29.6 Å². The van der Waals surface area contributed by atoms with Crippen LogP contribution in [0.4, 0.5) is 0 Å². The van der Waals surface area contributed by atoms with Gasteiger partial charge in [-0.2, -0.15) is 0 Å². The van der Waals surface area contributed by atoms with Gasteiger partial charge in [-0.05, 0) is 36.9 Å². The van der Waals surface area contributed by atoms with Crippen molar-refractivity contribution in [2.75, 3.05) is 13.2 Å². The third kappa shape index (κ3) is 5.89. The summed E-state index contributed by atoms with van der Waals surface area (Å²) in [7, 11) is 0. The number of aromatic amines is 1. The highest BCUT2D eigenvalue weighted by molar-refractivity contribution is 5.66. The van der Waals surface area contributed by atoms with Gasteiger partial charge in [0, 0.05) is 29.2 Å². The second kappa shape index (κ2) is 11.2. The Bertz CT molecular complexity index is 1190. The summed E-state index contributed by atoms with van der Waals surface area (Å²) in [6, 6.07) is 8.38. The molecule has 2 aromatic rings. The van der Waals surface area contributed by atoms with Crippen LogP contribution in [0.15, 0.2) is 51.2 Å². The van der Waals surface area contributed by atoms with Gasteiger partial charge in [0.1, 0.15) is 18.0 Å². The lowest BCUT2D eigenvalue weighted by molar-refractivity contribution is -0.147. The van der Waals surface area contributed by atoms with Crippen molar-refractivity contribution in [2.45, 2.75) is 56.5 Å². The molecule has 5 atom stereocenters. The number of H-pyrrole nitrogens is 1. The molecule has 2 fully saturated rings. The first kappa shape index (κ1) is 24.5. The molecule has 4 rings (SSSR count). The molecule has 13 heteroatoms. The molecule has 2 saturated heterocycles. The van der Waals surface area contributed by atoms with E-state index in [0.717, 1.165) is 18.4 Å². The number of carbonyl (C=O) groups is 1. The van der Waals surface area contributed by atoms with Gasteiger partial charge >= 0.3 is 11.7 Å². The molecule has 2 aliphatic heterocycles. The average Bonchev–Trinajstić information content (AvgIpc) is 3.40. The standard InChI is InChI=1S/C22H25N5O8/c23-26-24-12-15-18-19(20(33-15)27-10-9-16(28)25-22(27)31)35-21(34-18)13-5-7-14(8-6-13)32-11-3-1-2-4-17(29)30/h5-10,15,18-21H,1-4,11-12H2,(H,29,30)(H,25,28,31). The third-order valence-electron chi connectivity index (χ3n) is 5.75. The largest absolute Gasteiger partial charge is 0.494 e. The number of aromatic nitrogens is 2. The topological polar surface area (TPSA) is 178 Å². The van der Waals surface area contributed by atoms with Crippen LogP contribution in [0.5, 0.6) is 5.75 Å². The van der Waals surface area contributed by atoms with Gasteiger partial charge in [0.25, 0.3) is 5.56 Å². The normalized spacial score (nSPS) is 25.1. The van der Waals surface area contributed by atoms with Crippen molar-refractivity contribution in [3.63, 3.8) is 0 Å². The van der Waals surface area contributed by atoms with Crippen molar-refractivity contribution in [3.05, 3.63) is 73.4 Å². The highest BCUT2D eigenvalue weighted by Crippen LogP contribution is 2.44. The molecule has 35 heavy (non-hydrogen) atoms. The minimum Gasteiger partial charge on any atom is -0.494 e. The SMILES string of the molecule is [N-]=[N+]=NCC1OC(n2ccc(=O)[nH]c2=O)C2OC(c3ccc(OCCCCCC(=O)O)cc3)OC12. The maximum atomic E-state index is 12.3. The number of aliphatic carboxylic acids is 1. The lowest BCUT2D eigenvalue weighted by Crippen LogP contribution is -2.36. The van der Waals surface area contributed by atoms with E-state index in [1.54, 1.807) is 24.3 Å². The predicted octanol–water partition coefficient (Wildman–Crippen LogP) is 2.25. The van der Waals surface area contributed by atoms with Gasteiger partial charge in [0.2, 0.25) is 0 Å². The molecule has 0 bridgehead atoms. The Labute approximate surface area is 198 Å². The first-order chi connectivity index (χ1) is 17.0. The number of fused-ring (bicyclic) bond motifs is 1. The molecule has 1 aromatic carbocycles. The number of benzene rings is 1. The summed E-state index contributed by atoms with van der Waals surface area (Å²) < 4.78 is 25.0. The van der Waals surface area contributed by atoms with E-state index in [1.165, 1.54) is 16.8 Å². The number of carboxylic acid groups (broad SMARTS) is 1. The quantitative estimate of drug-likeness (QED) is 0.210. The number of nitrogens with one attached hydrogen (secondary N) is 1. The minimum absolute atomic E-state index is 0.0123. The molecule has 0 spiro atoms. The van der Waals surface area contributed by atoms with Gasteiger partial charge in [-0.15, -0.1) is 0 Å². The zero-order chi connectivity index (χ0) is 24.8. The van der Waals surface area contributed by atoms with E-state index in [0.29, 0.717) is 18.8 Å². The predicted molar refractivity (Wildman–Crippen MR) is 120 cm³/mol. The van der Waals surface area contributed by atoms with Crippen molar-refractivity contribution in [3.8, 4) is 5.75 Å². The van der Waals surface area contributed by atoms with Crippen LogP contribution in [0.1, 0.15) is 43.8 Å². The molecule has 2 N–H and O–H groups in total. The second-order valence-electron chi connectivity index (χ2n) is 8.15. The van der Waals surface area contributed by atoms with Crippen LogP contribution in [0.3, 0.4) is 0 Å². The van der Waals surface area contributed by atoms with Crippen LogP contribution in [0, 0.1) is 0 Å². The summed E-state index contributed by atoms with van der Waals surface area (Å²) in [5.74, 6) is -0.137. The maximum Gasteiger partial charge on any atom is 0.330 e. The molecule has 1 aromatic heterocycles.